The Morgan fingerprint density at radius 3 is 2.65 bits per heavy atom. The normalized spacial score (nSPS) is 26.6. The van der Waals surface area contributed by atoms with Gasteiger partial charge in [0.2, 0.25) is 11.8 Å². The number of hydrogen-bond acceptors (Lipinski definition) is 3. The van der Waals surface area contributed by atoms with Crippen LogP contribution in [-0.2, 0) is 9.59 Å². The number of amides is 3. The third-order valence-electron chi connectivity index (χ3n) is 7.16. The van der Waals surface area contributed by atoms with E-state index in [-0.39, 0.29) is 23.8 Å². The number of nitrogens with zero attached hydrogens (tertiary/aromatic N) is 1. The van der Waals surface area contributed by atoms with Crippen LogP contribution in [0.4, 0.5) is 0 Å². The first-order valence-electron chi connectivity index (χ1n) is 11.5. The number of carbonyl (C=O) groups excluding carboxylic acids is 3. The molecule has 1 saturated carbocycles. The Balaban J connectivity index is 1.27. The van der Waals surface area contributed by atoms with Crippen LogP contribution in [0.2, 0.25) is 0 Å². The minimum atomic E-state index is -0.479. The van der Waals surface area contributed by atoms with Crippen molar-refractivity contribution in [1.82, 2.24) is 15.5 Å². The molecular formula is C25H29N3O3. The Bertz CT molecular complexity index is 1010. The van der Waals surface area contributed by atoms with Crippen molar-refractivity contribution in [3.8, 4) is 0 Å². The Morgan fingerprint density at radius 2 is 1.81 bits per heavy atom. The number of rotatable bonds is 4. The average Bonchev–Trinajstić information content (AvgIpc) is 3.22. The highest BCUT2D eigenvalue weighted by Gasteiger charge is 2.47. The van der Waals surface area contributed by atoms with Crippen LogP contribution in [0.25, 0.3) is 10.8 Å². The minimum absolute atomic E-state index is 0.0112. The highest BCUT2D eigenvalue weighted by atomic mass is 16.2. The van der Waals surface area contributed by atoms with Crippen LogP contribution in [0.3, 0.4) is 0 Å². The van der Waals surface area contributed by atoms with Crippen molar-refractivity contribution in [1.29, 1.82) is 0 Å². The van der Waals surface area contributed by atoms with Gasteiger partial charge in [-0.05, 0) is 35.6 Å². The lowest BCUT2D eigenvalue weighted by atomic mass is 9.84. The molecule has 2 aromatic carbocycles. The van der Waals surface area contributed by atoms with E-state index in [1.807, 2.05) is 42.5 Å². The zero-order valence-corrected chi connectivity index (χ0v) is 17.7. The molecule has 3 aliphatic rings. The van der Waals surface area contributed by atoms with Gasteiger partial charge >= 0.3 is 0 Å². The fourth-order valence-electron chi connectivity index (χ4n) is 5.56. The summed E-state index contributed by atoms with van der Waals surface area (Å²) in [6, 6.07) is 12.4. The fourth-order valence-corrected chi connectivity index (χ4v) is 5.56. The van der Waals surface area contributed by atoms with Crippen molar-refractivity contribution in [2.24, 2.45) is 5.92 Å². The maximum Gasteiger partial charge on any atom is 0.252 e. The van der Waals surface area contributed by atoms with Gasteiger partial charge in [0.1, 0.15) is 12.1 Å². The van der Waals surface area contributed by atoms with Crippen LogP contribution in [-0.4, -0.2) is 47.3 Å². The molecule has 2 aliphatic heterocycles. The Hall–Kier alpha value is -2.89. The molecule has 5 rings (SSSR count). The number of carbonyl (C=O) groups is 3. The molecule has 0 unspecified atom stereocenters. The summed E-state index contributed by atoms with van der Waals surface area (Å²) in [5.74, 6) is 0.289. The molecule has 162 valence electrons. The lowest BCUT2D eigenvalue weighted by molar-refractivity contribution is -0.147. The molecular weight excluding hydrogens is 390 g/mol. The molecule has 3 atom stereocenters. The molecule has 2 heterocycles. The van der Waals surface area contributed by atoms with E-state index in [1.54, 1.807) is 4.90 Å². The molecule has 6 heteroatoms. The number of nitrogens with one attached hydrogen (secondary N) is 2. The van der Waals surface area contributed by atoms with E-state index < -0.39 is 12.1 Å². The predicted octanol–water partition coefficient (Wildman–Crippen LogP) is 3.01. The summed E-state index contributed by atoms with van der Waals surface area (Å²) >= 11 is 0. The highest BCUT2D eigenvalue weighted by molar-refractivity contribution is 6.07. The average molecular weight is 420 g/mol. The second kappa shape index (κ2) is 8.33. The topological polar surface area (TPSA) is 78.5 Å². The minimum Gasteiger partial charge on any atom is -0.347 e. The van der Waals surface area contributed by atoms with Gasteiger partial charge in [-0.25, -0.2) is 0 Å². The number of benzene rings is 2. The molecule has 2 N–H and O–H groups in total. The fraction of sp³-hybridized carbons (Fsp3) is 0.480. The van der Waals surface area contributed by atoms with Crippen molar-refractivity contribution in [3.63, 3.8) is 0 Å². The van der Waals surface area contributed by atoms with E-state index in [2.05, 4.69) is 10.6 Å². The van der Waals surface area contributed by atoms with Crippen molar-refractivity contribution in [2.45, 2.75) is 63.1 Å². The van der Waals surface area contributed by atoms with E-state index in [0.717, 1.165) is 30.0 Å². The molecule has 3 fully saturated rings. The van der Waals surface area contributed by atoms with Gasteiger partial charge in [-0.1, -0.05) is 68.5 Å². The van der Waals surface area contributed by atoms with Crippen LogP contribution >= 0.6 is 0 Å². The Morgan fingerprint density at radius 1 is 1.03 bits per heavy atom. The number of fused-ring (bicyclic) bond motifs is 2. The molecule has 31 heavy (non-hydrogen) atoms. The quantitative estimate of drug-likeness (QED) is 0.800. The molecule has 2 saturated heterocycles. The van der Waals surface area contributed by atoms with Gasteiger partial charge in [0.15, 0.2) is 0 Å². The van der Waals surface area contributed by atoms with Crippen LogP contribution in [0.5, 0.6) is 0 Å². The first-order chi connectivity index (χ1) is 15.1. The largest absolute Gasteiger partial charge is 0.347 e. The van der Waals surface area contributed by atoms with Gasteiger partial charge < -0.3 is 15.5 Å². The maximum absolute atomic E-state index is 13.1. The smallest absolute Gasteiger partial charge is 0.252 e. The molecule has 0 spiro atoms. The Labute approximate surface area is 182 Å². The SMILES string of the molecule is O=C(N[C@H]1C[C@H]2C(=O)N[C@@H](CC3CCCCC3)C(=O)N2C1)c1cccc2ccccc12. The van der Waals surface area contributed by atoms with E-state index in [4.69, 9.17) is 0 Å². The van der Waals surface area contributed by atoms with Gasteiger partial charge in [-0.15, -0.1) is 0 Å². The summed E-state index contributed by atoms with van der Waals surface area (Å²) in [6.07, 6.45) is 7.20. The van der Waals surface area contributed by atoms with E-state index in [0.29, 0.717) is 24.4 Å². The second-order valence-electron chi connectivity index (χ2n) is 9.24. The molecule has 0 radical (unpaired) electrons. The maximum atomic E-state index is 13.1. The zero-order chi connectivity index (χ0) is 21.4. The lowest BCUT2D eigenvalue weighted by Gasteiger charge is -2.36. The molecule has 0 bridgehead atoms. The Kier molecular flexibility index (Phi) is 5.38. The highest BCUT2D eigenvalue weighted by Crippen LogP contribution is 2.31. The summed E-state index contributed by atoms with van der Waals surface area (Å²) < 4.78 is 0. The molecule has 2 aromatic rings. The van der Waals surface area contributed by atoms with Gasteiger partial charge in [0, 0.05) is 18.2 Å². The van der Waals surface area contributed by atoms with Crippen molar-refractivity contribution < 1.29 is 14.4 Å². The standard InChI is InChI=1S/C25H29N3O3/c29-23(20-12-6-10-17-9-4-5-11-19(17)20)26-18-14-22-24(30)27-21(25(31)28(22)15-18)13-16-7-2-1-3-8-16/h4-6,9-12,16,18,21-22H,1-3,7-8,13-15H2,(H,26,29)(H,27,30)/t18-,21-,22-/m0/s1. The second-order valence-corrected chi connectivity index (χ2v) is 9.24. The zero-order valence-electron chi connectivity index (χ0n) is 17.7. The summed E-state index contributed by atoms with van der Waals surface area (Å²) in [5, 5.41) is 7.96. The van der Waals surface area contributed by atoms with Crippen LogP contribution in [0.1, 0.15) is 55.3 Å². The van der Waals surface area contributed by atoms with Crippen LogP contribution < -0.4 is 10.6 Å². The summed E-state index contributed by atoms with van der Waals surface area (Å²) in [4.78, 5) is 40.5. The lowest BCUT2D eigenvalue weighted by Crippen LogP contribution is -2.61. The van der Waals surface area contributed by atoms with Crippen molar-refractivity contribution >= 4 is 28.5 Å². The third-order valence-corrected chi connectivity index (χ3v) is 7.16. The van der Waals surface area contributed by atoms with Gasteiger partial charge in [0.05, 0.1) is 0 Å². The van der Waals surface area contributed by atoms with Gasteiger partial charge in [-0.3, -0.25) is 14.4 Å². The number of piperazine rings is 1. The van der Waals surface area contributed by atoms with Crippen LogP contribution in [0, 0.1) is 5.92 Å². The monoisotopic (exact) mass is 419 g/mol. The van der Waals surface area contributed by atoms with Gasteiger partial charge in [0.25, 0.3) is 5.91 Å². The van der Waals surface area contributed by atoms with Crippen LogP contribution in [0.15, 0.2) is 42.5 Å². The van der Waals surface area contributed by atoms with E-state index >= 15 is 0 Å². The third kappa shape index (κ3) is 3.91. The molecule has 0 aromatic heterocycles. The predicted molar refractivity (Wildman–Crippen MR) is 118 cm³/mol. The first-order valence-corrected chi connectivity index (χ1v) is 11.5. The molecule has 6 nitrogen and oxygen atoms in total. The summed E-state index contributed by atoms with van der Waals surface area (Å²) in [6.45, 7) is 0.397. The molecule has 1 aliphatic carbocycles. The van der Waals surface area contributed by atoms with Gasteiger partial charge in [-0.2, -0.15) is 0 Å². The van der Waals surface area contributed by atoms with E-state index in [1.165, 1.54) is 19.3 Å². The molecule has 3 amide bonds. The first kappa shape index (κ1) is 20.0. The van der Waals surface area contributed by atoms with Crippen molar-refractivity contribution in [3.05, 3.63) is 48.0 Å². The number of hydrogen-bond donors (Lipinski definition) is 2. The summed E-state index contributed by atoms with van der Waals surface area (Å²) in [7, 11) is 0. The van der Waals surface area contributed by atoms with Crippen molar-refractivity contribution in [2.75, 3.05) is 6.54 Å². The van der Waals surface area contributed by atoms with E-state index in [9.17, 15) is 14.4 Å². The summed E-state index contributed by atoms with van der Waals surface area (Å²) in [5.41, 5.74) is 0.619.